The summed E-state index contributed by atoms with van der Waals surface area (Å²) < 4.78 is 9.31. The molecule has 2 aromatic carbocycles. The van der Waals surface area contributed by atoms with Crippen LogP contribution in [0.2, 0.25) is 0 Å². The van der Waals surface area contributed by atoms with E-state index in [2.05, 4.69) is 21.0 Å². The molecule has 5 aromatic rings. The van der Waals surface area contributed by atoms with E-state index in [0.29, 0.717) is 46.7 Å². The summed E-state index contributed by atoms with van der Waals surface area (Å²) in [5, 5.41) is 5.04. The summed E-state index contributed by atoms with van der Waals surface area (Å²) in [6, 6.07) is 15.3. The highest BCUT2D eigenvalue weighted by atomic mass is 79.9. The van der Waals surface area contributed by atoms with Crippen molar-refractivity contribution in [2.75, 3.05) is 13.7 Å². The number of hydrogen-bond donors (Lipinski definition) is 0. The predicted molar refractivity (Wildman–Crippen MR) is 128 cm³/mol. The summed E-state index contributed by atoms with van der Waals surface area (Å²) in [4.78, 5) is 27.7. The number of aryl methyl sites for hydroxylation is 1. The maximum absolute atomic E-state index is 13.5. The Morgan fingerprint density at radius 1 is 1.06 bits per heavy atom. The Morgan fingerprint density at radius 2 is 1.84 bits per heavy atom. The number of fused-ring (bicyclic) bond motifs is 4. The van der Waals surface area contributed by atoms with Crippen LogP contribution in [-0.4, -0.2) is 44.1 Å². The Kier molecular flexibility index (Phi) is 5.28. The van der Waals surface area contributed by atoms with E-state index in [9.17, 15) is 4.79 Å². The first-order chi connectivity index (χ1) is 15.6. The van der Waals surface area contributed by atoms with E-state index in [1.807, 2.05) is 48.5 Å². The molecule has 0 N–H and O–H groups in total. The van der Waals surface area contributed by atoms with Gasteiger partial charge >= 0.3 is 0 Å². The molecular weight excluding hydrogens is 472 g/mol. The number of aromatic nitrogens is 5. The lowest BCUT2D eigenvalue weighted by molar-refractivity contribution is 0.185. The van der Waals surface area contributed by atoms with E-state index < -0.39 is 0 Å². The van der Waals surface area contributed by atoms with Crippen molar-refractivity contribution in [2.45, 2.75) is 13.5 Å². The summed E-state index contributed by atoms with van der Waals surface area (Å²) in [5.41, 5.74) is 3.53. The van der Waals surface area contributed by atoms with Crippen molar-refractivity contribution in [3.63, 3.8) is 0 Å². The van der Waals surface area contributed by atoms with Gasteiger partial charge in [0.1, 0.15) is 16.7 Å². The van der Waals surface area contributed by atoms with Gasteiger partial charge in [0, 0.05) is 11.6 Å². The number of hydrogen-bond acceptors (Lipinski definition) is 6. The normalized spacial score (nSPS) is 12.0. The summed E-state index contributed by atoms with van der Waals surface area (Å²) in [6.45, 7) is 2.61. The van der Waals surface area contributed by atoms with Gasteiger partial charge in [0.15, 0.2) is 11.3 Å². The molecule has 0 saturated heterocycles. The number of methoxy groups -OCH3 is 1. The average Bonchev–Trinajstić information content (AvgIpc) is 3.08. The van der Waals surface area contributed by atoms with E-state index in [4.69, 9.17) is 19.7 Å². The van der Waals surface area contributed by atoms with Crippen LogP contribution in [0.5, 0.6) is 0 Å². The fourth-order valence-corrected chi connectivity index (χ4v) is 4.10. The average molecular weight is 491 g/mol. The van der Waals surface area contributed by atoms with E-state index in [1.54, 1.807) is 29.5 Å². The van der Waals surface area contributed by atoms with Gasteiger partial charge in [-0.1, -0.05) is 40.2 Å². The molecule has 8 nitrogen and oxygen atoms in total. The van der Waals surface area contributed by atoms with E-state index in [-0.39, 0.29) is 5.56 Å². The summed E-state index contributed by atoms with van der Waals surface area (Å²) in [6.07, 6.45) is 1.72. The van der Waals surface area contributed by atoms with E-state index >= 15 is 0 Å². The van der Waals surface area contributed by atoms with Gasteiger partial charge in [0.25, 0.3) is 5.56 Å². The highest BCUT2D eigenvalue weighted by Crippen LogP contribution is 2.25. The molecule has 0 unspecified atom stereocenters. The number of benzene rings is 2. The van der Waals surface area contributed by atoms with Gasteiger partial charge < -0.3 is 4.74 Å². The molecule has 5 rings (SSSR count). The summed E-state index contributed by atoms with van der Waals surface area (Å²) in [5.74, 6) is 0.575. The van der Waals surface area contributed by atoms with Crippen LogP contribution >= 0.6 is 15.9 Å². The third-order valence-electron chi connectivity index (χ3n) is 5.22. The minimum absolute atomic E-state index is 0.185. The molecular formula is C23H19BrN6O2. The zero-order valence-corrected chi connectivity index (χ0v) is 19.1. The van der Waals surface area contributed by atoms with E-state index in [0.717, 1.165) is 15.6 Å². The van der Waals surface area contributed by atoms with Crippen LogP contribution in [-0.2, 0) is 11.3 Å². The van der Waals surface area contributed by atoms with Gasteiger partial charge in [0.2, 0.25) is 0 Å². The van der Waals surface area contributed by atoms with Gasteiger partial charge in [-0.3, -0.25) is 9.36 Å². The second-order valence-electron chi connectivity index (χ2n) is 7.30. The van der Waals surface area contributed by atoms with Crippen molar-refractivity contribution in [1.29, 1.82) is 0 Å². The Labute approximate surface area is 191 Å². The van der Waals surface area contributed by atoms with Crippen LogP contribution < -0.4 is 5.56 Å². The Bertz CT molecular complexity index is 1570. The van der Waals surface area contributed by atoms with Crippen molar-refractivity contribution in [2.24, 2.45) is 5.10 Å². The lowest BCUT2D eigenvalue weighted by atomic mass is 10.2. The molecule has 0 fully saturated rings. The monoisotopic (exact) mass is 490 g/mol. The molecule has 0 aliphatic rings. The largest absolute Gasteiger partial charge is 0.383 e. The Morgan fingerprint density at radius 3 is 2.59 bits per heavy atom. The zero-order valence-electron chi connectivity index (χ0n) is 17.5. The van der Waals surface area contributed by atoms with Crippen LogP contribution in [0.4, 0.5) is 0 Å². The van der Waals surface area contributed by atoms with Crippen LogP contribution in [0.1, 0.15) is 11.4 Å². The minimum Gasteiger partial charge on any atom is -0.383 e. The minimum atomic E-state index is -0.185. The van der Waals surface area contributed by atoms with Crippen molar-refractivity contribution in [3.05, 3.63) is 74.7 Å². The standard InChI is InChI=1S/C23H19BrN6O2/c1-14-26-21-19(23(31)29(14)10-11-32-2)20-22(28-18-9-4-3-8-17(18)27-20)30(21)25-13-15-6-5-7-16(24)12-15/h3-9,12-13H,10-11H2,1-2H3. The Hall–Kier alpha value is -3.43. The number of halogens is 1. The van der Waals surface area contributed by atoms with Gasteiger partial charge in [-0.15, -0.1) is 0 Å². The van der Waals surface area contributed by atoms with Crippen LogP contribution in [0.3, 0.4) is 0 Å². The van der Waals surface area contributed by atoms with Crippen molar-refractivity contribution >= 4 is 55.4 Å². The van der Waals surface area contributed by atoms with Crippen molar-refractivity contribution in [1.82, 2.24) is 24.2 Å². The van der Waals surface area contributed by atoms with Crippen LogP contribution in [0.25, 0.3) is 33.2 Å². The molecule has 0 aliphatic heterocycles. The summed E-state index contributed by atoms with van der Waals surface area (Å²) >= 11 is 3.48. The topological polar surface area (TPSA) is 87.2 Å². The first-order valence-corrected chi connectivity index (χ1v) is 10.8. The number of para-hydroxylation sites is 2. The molecule has 0 radical (unpaired) electrons. The van der Waals surface area contributed by atoms with Gasteiger partial charge in [-0.2, -0.15) is 9.78 Å². The molecule has 0 saturated carbocycles. The fourth-order valence-electron chi connectivity index (χ4n) is 3.68. The smallest absolute Gasteiger partial charge is 0.265 e. The first-order valence-electron chi connectivity index (χ1n) is 10.0. The third kappa shape index (κ3) is 3.49. The summed E-state index contributed by atoms with van der Waals surface area (Å²) in [7, 11) is 1.60. The maximum atomic E-state index is 13.5. The molecule has 3 aromatic heterocycles. The number of ether oxygens (including phenoxy) is 1. The predicted octanol–water partition coefficient (Wildman–Crippen LogP) is 3.89. The Balaban J connectivity index is 1.84. The van der Waals surface area contributed by atoms with Gasteiger partial charge in [-0.25, -0.2) is 15.0 Å². The highest BCUT2D eigenvalue weighted by Gasteiger charge is 2.21. The van der Waals surface area contributed by atoms with Gasteiger partial charge in [-0.05, 0) is 36.8 Å². The van der Waals surface area contributed by atoms with Gasteiger partial charge in [0.05, 0.1) is 30.4 Å². The quantitative estimate of drug-likeness (QED) is 0.348. The molecule has 0 bridgehead atoms. The lowest BCUT2D eigenvalue weighted by Gasteiger charge is -2.08. The second-order valence-corrected chi connectivity index (χ2v) is 8.22. The number of rotatable bonds is 5. The SMILES string of the molecule is COCCn1c(C)nc2c(c1=O)c1nc3ccccc3nc1n2N=Cc1cccc(Br)c1. The fraction of sp³-hybridized carbons (Fsp3) is 0.174. The molecule has 3 heterocycles. The lowest BCUT2D eigenvalue weighted by Crippen LogP contribution is -2.25. The van der Waals surface area contributed by atoms with Crippen molar-refractivity contribution in [3.8, 4) is 0 Å². The molecule has 0 spiro atoms. The first kappa shape index (κ1) is 20.5. The highest BCUT2D eigenvalue weighted by molar-refractivity contribution is 9.10. The second kappa shape index (κ2) is 8.25. The molecule has 160 valence electrons. The maximum Gasteiger partial charge on any atom is 0.265 e. The van der Waals surface area contributed by atoms with Crippen molar-refractivity contribution < 1.29 is 4.74 Å². The van der Waals surface area contributed by atoms with Crippen LogP contribution in [0, 0.1) is 6.92 Å². The number of nitrogens with zero attached hydrogens (tertiary/aromatic N) is 6. The molecule has 32 heavy (non-hydrogen) atoms. The molecule has 0 aliphatic carbocycles. The van der Waals surface area contributed by atoms with Crippen LogP contribution in [0.15, 0.2) is 62.9 Å². The molecule has 9 heteroatoms. The molecule has 0 amide bonds. The zero-order chi connectivity index (χ0) is 22.2. The third-order valence-corrected chi connectivity index (χ3v) is 5.71. The van der Waals surface area contributed by atoms with E-state index in [1.165, 1.54) is 0 Å². The molecule has 0 atom stereocenters.